The van der Waals surface area contributed by atoms with E-state index in [4.69, 9.17) is 20.9 Å². The molecule has 0 aromatic carbocycles. The van der Waals surface area contributed by atoms with E-state index in [1.807, 2.05) is 20.8 Å². The first-order valence-electron chi connectivity index (χ1n) is 22.7. The molecule has 7 unspecified atom stereocenters. The minimum absolute atomic E-state index is 0.0940. The SMILES string of the molecule is CCCC1C(=O)NC(C2CCCCCC2)C(=O)NC(CN)C(=O)NC(COCCCNCCCN)C(=O)N[C@H](C)CO[C@H](CC2CC3CCC(C3)C2)C(C)C(=O)N1C. The summed E-state index contributed by atoms with van der Waals surface area (Å²) in [7, 11) is 1.68. The van der Waals surface area contributed by atoms with E-state index in [9.17, 15) is 24.0 Å². The Morgan fingerprint density at radius 2 is 1.45 bits per heavy atom. The lowest BCUT2D eigenvalue weighted by molar-refractivity contribution is -0.147. The number of hydrogen-bond acceptors (Lipinski definition) is 10. The standard InChI is InChI=1S/C43H78N8O7/c1-5-12-36-41(54)50-38(33-13-8-6-7-9-14-33)42(55)48-34(25-45)39(52)49-35(27-57-20-11-19-46-18-10-17-44)40(53)47-28(2)26-58-37(29(3)43(56)51(36)4)24-32-22-30-15-16-31(21-30)23-32/h28-38,46H,5-27,44-45H2,1-4H3,(H,47,53)(H,48,55)(H,49,52)(H,50,54)/t28-,29?,30?,31?,32?,34?,35?,36?,37-,38?/m1/s1. The molecule has 1 saturated heterocycles. The lowest BCUT2D eigenvalue weighted by Gasteiger charge is -2.36. The molecule has 1 heterocycles. The van der Waals surface area contributed by atoms with Crippen LogP contribution in [-0.2, 0) is 33.4 Å². The Hall–Kier alpha value is -2.85. The average molecular weight is 819 g/mol. The predicted octanol–water partition coefficient (Wildman–Crippen LogP) is 2.10. The highest BCUT2D eigenvalue weighted by Crippen LogP contribution is 2.46. The van der Waals surface area contributed by atoms with E-state index in [0.29, 0.717) is 38.3 Å². The third kappa shape index (κ3) is 14.7. The van der Waals surface area contributed by atoms with Crippen LogP contribution in [0.1, 0.15) is 124 Å². The van der Waals surface area contributed by atoms with Crippen LogP contribution in [-0.4, -0.2) is 124 Å². The van der Waals surface area contributed by atoms with Gasteiger partial charge in [0, 0.05) is 26.2 Å². The molecule has 2 bridgehead atoms. The molecule has 5 amide bonds. The smallest absolute Gasteiger partial charge is 0.245 e. The van der Waals surface area contributed by atoms with Gasteiger partial charge in [0.25, 0.3) is 0 Å². The van der Waals surface area contributed by atoms with E-state index < -0.39 is 65.9 Å². The normalized spacial score (nSPS) is 32.9. The highest BCUT2D eigenvalue weighted by Gasteiger charge is 2.41. The maximum absolute atomic E-state index is 14.4. The second-order valence-corrected chi connectivity index (χ2v) is 17.9. The summed E-state index contributed by atoms with van der Waals surface area (Å²) in [6.07, 6.45) is 14.4. The van der Waals surface area contributed by atoms with Crippen LogP contribution in [0.15, 0.2) is 0 Å². The molecule has 3 aliphatic carbocycles. The van der Waals surface area contributed by atoms with E-state index in [2.05, 4.69) is 26.6 Å². The molecule has 0 aromatic rings. The summed E-state index contributed by atoms with van der Waals surface area (Å²) in [6, 6.07) is -4.45. The number of carbonyl (C=O) groups is 5. The topological polar surface area (TPSA) is 219 Å². The minimum Gasteiger partial charge on any atom is -0.379 e. The first-order chi connectivity index (χ1) is 27.9. The quantitative estimate of drug-likeness (QED) is 0.0943. The Kier molecular flexibility index (Phi) is 20.7. The van der Waals surface area contributed by atoms with Gasteiger partial charge in [-0.25, -0.2) is 0 Å². The third-order valence-corrected chi connectivity index (χ3v) is 13.1. The number of nitrogens with zero attached hydrogens (tertiary/aromatic N) is 1. The van der Waals surface area contributed by atoms with Gasteiger partial charge in [-0.2, -0.15) is 0 Å². The van der Waals surface area contributed by atoms with E-state index in [-0.39, 0.29) is 31.6 Å². The Labute approximate surface area is 347 Å². The van der Waals surface area contributed by atoms with Crippen molar-refractivity contribution in [2.45, 2.75) is 160 Å². The predicted molar refractivity (Wildman–Crippen MR) is 224 cm³/mol. The molecular weight excluding hydrogens is 741 g/mol. The third-order valence-electron chi connectivity index (χ3n) is 13.1. The van der Waals surface area contributed by atoms with Crippen LogP contribution in [0.25, 0.3) is 0 Å². The van der Waals surface area contributed by atoms with E-state index in [1.165, 1.54) is 19.3 Å². The Morgan fingerprint density at radius 3 is 2.10 bits per heavy atom. The van der Waals surface area contributed by atoms with Gasteiger partial charge >= 0.3 is 0 Å². The number of hydrogen-bond donors (Lipinski definition) is 7. The van der Waals surface area contributed by atoms with Crippen molar-refractivity contribution in [2.75, 3.05) is 53.0 Å². The molecule has 15 heteroatoms. The fourth-order valence-corrected chi connectivity index (χ4v) is 9.74. The van der Waals surface area contributed by atoms with Crippen molar-refractivity contribution in [1.29, 1.82) is 0 Å². The summed E-state index contributed by atoms with van der Waals surface area (Å²) < 4.78 is 12.5. The van der Waals surface area contributed by atoms with Gasteiger partial charge in [0.1, 0.15) is 24.2 Å². The monoisotopic (exact) mass is 819 g/mol. The van der Waals surface area contributed by atoms with Crippen molar-refractivity contribution in [3.8, 4) is 0 Å². The Bertz CT molecular complexity index is 1290. The number of fused-ring (bicyclic) bond motifs is 2. The first-order valence-corrected chi connectivity index (χ1v) is 22.7. The van der Waals surface area contributed by atoms with E-state index >= 15 is 0 Å². The molecule has 1 aliphatic heterocycles. The molecule has 4 aliphatic rings. The maximum Gasteiger partial charge on any atom is 0.245 e. The van der Waals surface area contributed by atoms with Crippen LogP contribution in [0.2, 0.25) is 0 Å². The van der Waals surface area contributed by atoms with Crippen molar-refractivity contribution >= 4 is 29.5 Å². The van der Waals surface area contributed by atoms with Crippen molar-refractivity contribution in [2.24, 2.45) is 41.1 Å². The van der Waals surface area contributed by atoms with Gasteiger partial charge in [-0.3, -0.25) is 24.0 Å². The van der Waals surface area contributed by atoms with Gasteiger partial charge in [0.15, 0.2) is 0 Å². The molecule has 332 valence electrons. The largest absolute Gasteiger partial charge is 0.379 e. The minimum atomic E-state index is -1.17. The summed E-state index contributed by atoms with van der Waals surface area (Å²) >= 11 is 0. The molecule has 9 N–H and O–H groups in total. The van der Waals surface area contributed by atoms with Gasteiger partial charge in [-0.15, -0.1) is 0 Å². The highest BCUT2D eigenvalue weighted by molar-refractivity contribution is 5.96. The molecule has 3 saturated carbocycles. The fraction of sp³-hybridized carbons (Fsp3) is 0.884. The van der Waals surface area contributed by atoms with Crippen molar-refractivity contribution in [1.82, 2.24) is 31.5 Å². The van der Waals surface area contributed by atoms with Gasteiger partial charge < -0.3 is 52.4 Å². The highest BCUT2D eigenvalue weighted by atomic mass is 16.5. The van der Waals surface area contributed by atoms with Gasteiger partial charge in [0.05, 0.1) is 25.2 Å². The molecule has 0 spiro atoms. The van der Waals surface area contributed by atoms with Crippen molar-refractivity contribution in [3.05, 3.63) is 0 Å². The number of likely N-dealkylation sites (N-methyl/N-ethyl adjacent to an activating group) is 1. The molecule has 4 rings (SSSR count). The number of rotatable bonds is 15. The zero-order chi connectivity index (χ0) is 42.0. The average Bonchev–Trinajstić information content (AvgIpc) is 3.36. The lowest BCUT2D eigenvalue weighted by Crippen LogP contribution is -2.62. The van der Waals surface area contributed by atoms with Gasteiger partial charge in [0.2, 0.25) is 29.5 Å². The Morgan fingerprint density at radius 1 is 0.793 bits per heavy atom. The molecule has 58 heavy (non-hydrogen) atoms. The first kappa shape index (κ1) is 47.8. The zero-order valence-corrected chi connectivity index (χ0v) is 36.1. The van der Waals surface area contributed by atoms with Crippen LogP contribution in [0.3, 0.4) is 0 Å². The molecule has 0 aromatic heterocycles. The van der Waals surface area contributed by atoms with Crippen LogP contribution in [0, 0.1) is 29.6 Å². The molecule has 9 atom stereocenters. The summed E-state index contributed by atoms with van der Waals surface area (Å²) in [5, 5.41) is 15.0. The number of nitrogens with two attached hydrogens (primary N) is 2. The number of carbonyl (C=O) groups excluding carboxylic acids is 5. The summed E-state index contributed by atoms with van der Waals surface area (Å²) in [5.74, 6) is -1.02. The number of amides is 5. The maximum atomic E-state index is 14.4. The number of ether oxygens (including phenoxy) is 2. The summed E-state index contributed by atoms with van der Waals surface area (Å²) in [6.45, 7) is 8.02. The fourth-order valence-electron chi connectivity index (χ4n) is 9.74. The van der Waals surface area contributed by atoms with Crippen molar-refractivity contribution < 1.29 is 33.4 Å². The van der Waals surface area contributed by atoms with Crippen LogP contribution >= 0.6 is 0 Å². The molecular formula is C43H78N8O7. The zero-order valence-electron chi connectivity index (χ0n) is 36.1. The number of nitrogens with one attached hydrogen (secondary N) is 5. The van der Waals surface area contributed by atoms with E-state index in [0.717, 1.165) is 89.1 Å². The molecule has 4 fully saturated rings. The summed E-state index contributed by atoms with van der Waals surface area (Å²) in [4.78, 5) is 72.2. The van der Waals surface area contributed by atoms with Crippen LogP contribution in [0.4, 0.5) is 0 Å². The summed E-state index contributed by atoms with van der Waals surface area (Å²) in [5.41, 5.74) is 11.7. The van der Waals surface area contributed by atoms with E-state index in [1.54, 1.807) is 11.9 Å². The second-order valence-electron chi connectivity index (χ2n) is 17.9. The lowest BCUT2D eigenvalue weighted by atomic mass is 9.77. The molecule has 0 radical (unpaired) electrons. The van der Waals surface area contributed by atoms with Gasteiger partial charge in [-0.1, -0.05) is 58.8 Å². The second kappa shape index (κ2) is 25.0. The van der Waals surface area contributed by atoms with Crippen molar-refractivity contribution in [3.63, 3.8) is 0 Å². The van der Waals surface area contributed by atoms with Crippen LogP contribution < -0.4 is 38.1 Å². The molecule has 15 nitrogen and oxygen atoms in total. The van der Waals surface area contributed by atoms with Crippen LogP contribution in [0.5, 0.6) is 0 Å². The van der Waals surface area contributed by atoms with Gasteiger partial charge in [-0.05, 0) is 108 Å². The Balaban J connectivity index is 1.62.